The number of aliphatic hydroxyl groups excluding tert-OH is 1. The Balaban J connectivity index is 0.00000128. The van der Waals surface area contributed by atoms with Gasteiger partial charge in [-0.25, -0.2) is 0 Å². The van der Waals surface area contributed by atoms with E-state index < -0.39 is 6.10 Å². The first-order valence-corrected chi connectivity index (χ1v) is 4.97. The molecule has 90 valence electrons. The molecule has 1 amide bonds. The van der Waals surface area contributed by atoms with E-state index in [1.54, 1.807) is 18.4 Å². The van der Waals surface area contributed by atoms with Crippen LogP contribution in [0, 0.1) is 0 Å². The van der Waals surface area contributed by atoms with Gasteiger partial charge in [0.25, 0.3) is 0 Å². The zero-order valence-corrected chi connectivity index (χ0v) is 9.50. The fourth-order valence-electron chi connectivity index (χ4n) is 1.63. The summed E-state index contributed by atoms with van der Waals surface area (Å²) in [6, 6.07) is 3.30. The number of hydrogen-bond acceptors (Lipinski definition) is 4. The van der Waals surface area contributed by atoms with Gasteiger partial charge in [-0.2, -0.15) is 0 Å². The number of furan rings is 1. The van der Waals surface area contributed by atoms with Crippen molar-refractivity contribution < 1.29 is 14.3 Å². The van der Waals surface area contributed by atoms with Crippen molar-refractivity contribution in [1.29, 1.82) is 0 Å². The first kappa shape index (κ1) is 13.0. The number of hydrogen-bond donors (Lipinski definition) is 3. The second kappa shape index (κ2) is 5.89. The lowest BCUT2D eigenvalue weighted by Gasteiger charge is -2.09. The molecule has 16 heavy (non-hydrogen) atoms. The Morgan fingerprint density at radius 3 is 3.06 bits per heavy atom. The average Bonchev–Trinajstić information content (AvgIpc) is 2.84. The third kappa shape index (κ3) is 3.23. The molecule has 0 spiro atoms. The Kier molecular flexibility index (Phi) is 4.79. The number of rotatable bonds is 3. The van der Waals surface area contributed by atoms with Crippen LogP contribution in [0.15, 0.2) is 22.8 Å². The van der Waals surface area contributed by atoms with Crippen LogP contribution in [0.1, 0.15) is 12.2 Å². The maximum Gasteiger partial charge on any atom is 0.237 e. The molecule has 1 aliphatic heterocycles. The van der Waals surface area contributed by atoms with Gasteiger partial charge in [-0.05, 0) is 18.6 Å². The van der Waals surface area contributed by atoms with E-state index in [2.05, 4.69) is 10.6 Å². The van der Waals surface area contributed by atoms with Crippen LogP contribution in [-0.4, -0.2) is 29.7 Å². The average molecular weight is 247 g/mol. The van der Waals surface area contributed by atoms with Gasteiger partial charge in [-0.15, -0.1) is 12.4 Å². The Morgan fingerprint density at radius 2 is 2.50 bits per heavy atom. The predicted octanol–water partition coefficient (Wildman–Crippen LogP) is 0.0404. The lowest BCUT2D eigenvalue weighted by Crippen LogP contribution is -2.39. The molecular weight excluding hydrogens is 232 g/mol. The van der Waals surface area contributed by atoms with E-state index in [4.69, 9.17) is 4.42 Å². The summed E-state index contributed by atoms with van der Waals surface area (Å²) in [5.74, 6) is 0.629. The van der Waals surface area contributed by atoms with Crippen LogP contribution in [0.2, 0.25) is 0 Å². The molecule has 1 saturated heterocycles. The van der Waals surface area contributed by atoms with Crippen molar-refractivity contribution in [2.24, 2.45) is 0 Å². The first-order chi connectivity index (χ1) is 7.25. The molecule has 1 fully saturated rings. The van der Waals surface area contributed by atoms with Gasteiger partial charge in [0, 0.05) is 6.54 Å². The monoisotopic (exact) mass is 246 g/mol. The Bertz CT molecular complexity index is 329. The molecule has 0 aromatic carbocycles. The Hall–Kier alpha value is -1.04. The van der Waals surface area contributed by atoms with Crippen LogP contribution in [0.4, 0.5) is 0 Å². The maximum atomic E-state index is 11.6. The van der Waals surface area contributed by atoms with E-state index in [9.17, 15) is 9.90 Å². The SMILES string of the molecule is Cl.O=C(NCc1ccco1)C1CC(O)CN1. The third-order valence-electron chi connectivity index (χ3n) is 2.44. The molecule has 2 unspecified atom stereocenters. The van der Waals surface area contributed by atoms with Gasteiger partial charge in [-0.3, -0.25) is 4.79 Å². The topological polar surface area (TPSA) is 74.5 Å². The summed E-state index contributed by atoms with van der Waals surface area (Å²) in [6.45, 7) is 0.874. The van der Waals surface area contributed by atoms with Gasteiger partial charge in [0.15, 0.2) is 0 Å². The molecule has 1 aliphatic rings. The molecule has 1 aromatic rings. The van der Waals surface area contributed by atoms with Crippen molar-refractivity contribution in [3.05, 3.63) is 24.2 Å². The highest BCUT2D eigenvalue weighted by Crippen LogP contribution is 2.06. The second-order valence-corrected chi connectivity index (χ2v) is 3.65. The van der Waals surface area contributed by atoms with Gasteiger partial charge in [0.05, 0.1) is 25.0 Å². The Labute approximate surface area is 99.6 Å². The van der Waals surface area contributed by atoms with Crippen molar-refractivity contribution >= 4 is 18.3 Å². The van der Waals surface area contributed by atoms with E-state index in [0.717, 1.165) is 5.76 Å². The molecule has 2 atom stereocenters. The van der Waals surface area contributed by atoms with E-state index in [0.29, 0.717) is 19.5 Å². The minimum atomic E-state index is -0.413. The van der Waals surface area contributed by atoms with Crippen LogP contribution < -0.4 is 10.6 Å². The highest BCUT2D eigenvalue weighted by atomic mass is 35.5. The number of halogens is 1. The van der Waals surface area contributed by atoms with Crippen LogP contribution in [0.3, 0.4) is 0 Å². The molecule has 2 rings (SSSR count). The molecule has 5 nitrogen and oxygen atoms in total. The highest BCUT2D eigenvalue weighted by Gasteiger charge is 2.27. The minimum Gasteiger partial charge on any atom is -0.467 e. The lowest BCUT2D eigenvalue weighted by atomic mass is 10.2. The molecule has 0 aliphatic carbocycles. The summed E-state index contributed by atoms with van der Waals surface area (Å²) in [5, 5.41) is 14.9. The fourth-order valence-corrected chi connectivity index (χ4v) is 1.63. The molecule has 3 N–H and O–H groups in total. The number of amides is 1. The summed E-state index contributed by atoms with van der Waals surface area (Å²) >= 11 is 0. The predicted molar refractivity (Wildman–Crippen MR) is 60.2 cm³/mol. The number of carbonyl (C=O) groups excluding carboxylic acids is 1. The van der Waals surface area contributed by atoms with Gasteiger partial charge in [-0.1, -0.05) is 0 Å². The van der Waals surface area contributed by atoms with Gasteiger partial charge in [0.1, 0.15) is 5.76 Å². The van der Waals surface area contributed by atoms with Crippen LogP contribution >= 0.6 is 12.4 Å². The van der Waals surface area contributed by atoms with Gasteiger partial charge >= 0.3 is 0 Å². The summed E-state index contributed by atoms with van der Waals surface area (Å²) in [4.78, 5) is 11.6. The van der Waals surface area contributed by atoms with E-state index in [-0.39, 0.29) is 24.4 Å². The molecular formula is C10H15ClN2O3. The molecule has 1 aromatic heterocycles. The summed E-state index contributed by atoms with van der Waals surface area (Å²) in [6.07, 6.45) is 1.63. The molecule has 0 bridgehead atoms. The van der Waals surface area contributed by atoms with Crippen molar-refractivity contribution in [2.45, 2.75) is 25.1 Å². The van der Waals surface area contributed by atoms with Gasteiger partial charge in [0.2, 0.25) is 5.91 Å². The first-order valence-electron chi connectivity index (χ1n) is 4.97. The number of β-amino-alcohol motifs (C(OH)–C–C–N with tert-alkyl or cyclic N) is 1. The smallest absolute Gasteiger partial charge is 0.237 e. The standard InChI is InChI=1S/C10H14N2O3.ClH/c13-7-4-9(11-5-7)10(14)12-6-8-2-1-3-15-8;/h1-3,7,9,11,13H,4-6H2,(H,12,14);1H. The largest absolute Gasteiger partial charge is 0.467 e. The normalized spacial score (nSPS) is 23.8. The summed E-state index contributed by atoms with van der Waals surface area (Å²) < 4.78 is 5.08. The van der Waals surface area contributed by atoms with Crippen molar-refractivity contribution in [1.82, 2.24) is 10.6 Å². The van der Waals surface area contributed by atoms with Crippen LogP contribution in [0.5, 0.6) is 0 Å². The van der Waals surface area contributed by atoms with E-state index in [1.165, 1.54) is 0 Å². The third-order valence-corrected chi connectivity index (χ3v) is 2.44. The quantitative estimate of drug-likeness (QED) is 0.704. The number of nitrogens with one attached hydrogen (secondary N) is 2. The van der Waals surface area contributed by atoms with E-state index >= 15 is 0 Å². The van der Waals surface area contributed by atoms with Crippen molar-refractivity contribution in [3.63, 3.8) is 0 Å². The fraction of sp³-hybridized carbons (Fsp3) is 0.500. The van der Waals surface area contributed by atoms with Crippen molar-refractivity contribution in [2.75, 3.05) is 6.54 Å². The minimum absolute atomic E-state index is 0. The summed E-state index contributed by atoms with van der Waals surface area (Å²) in [7, 11) is 0. The van der Waals surface area contributed by atoms with Crippen LogP contribution in [0.25, 0.3) is 0 Å². The highest BCUT2D eigenvalue weighted by molar-refractivity contribution is 5.85. The summed E-state index contributed by atoms with van der Waals surface area (Å²) in [5.41, 5.74) is 0. The van der Waals surface area contributed by atoms with E-state index in [1.807, 2.05) is 0 Å². The molecule has 0 radical (unpaired) electrons. The maximum absolute atomic E-state index is 11.6. The number of aliphatic hydroxyl groups is 1. The lowest BCUT2D eigenvalue weighted by molar-refractivity contribution is -0.123. The molecule has 6 heteroatoms. The second-order valence-electron chi connectivity index (χ2n) is 3.65. The molecule has 2 heterocycles. The van der Waals surface area contributed by atoms with Crippen LogP contribution in [-0.2, 0) is 11.3 Å². The molecule has 0 saturated carbocycles. The zero-order chi connectivity index (χ0) is 10.7. The van der Waals surface area contributed by atoms with Crippen molar-refractivity contribution in [3.8, 4) is 0 Å². The Morgan fingerprint density at radius 1 is 1.69 bits per heavy atom. The zero-order valence-electron chi connectivity index (χ0n) is 8.68. The van der Waals surface area contributed by atoms with Gasteiger partial charge < -0.3 is 20.2 Å². The number of carbonyl (C=O) groups is 1.